The monoisotopic (exact) mass is 484 g/mol. The second kappa shape index (κ2) is 13.7. The zero-order valence-electron chi connectivity index (χ0n) is 19.9. The lowest BCUT2D eigenvalue weighted by atomic mass is 10.1. The Morgan fingerprint density at radius 1 is 1.18 bits per heavy atom. The number of nitrogens with two attached hydrogens (primary N) is 1. The molecular weight excluding hydrogens is 448 g/mol. The molecule has 7 heteroatoms. The van der Waals surface area contributed by atoms with Crippen LogP contribution in [0.3, 0.4) is 0 Å². The number of thiazole rings is 1. The zero-order valence-corrected chi connectivity index (χ0v) is 21.6. The molecule has 1 unspecified atom stereocenters. The highest BCUT2D eigenvalue weighted by atomic mass is 32.2. The van der Waals surface area contributed by atoms with Gasteiger partial charge >= 0.3 is 0 Å². The van der Waals surface area contributed by atoms with Crippen LogP contribution < -0.4 is 15.8 Å². The number of rotatable bonds is 14. The Balaban J connectivity index is 1.40. The van der Waals surface area contributed by atoms with Crippen molar-refractivity contribution >= 4 is 23.1 Å². The summed E-state index contributed by atoms with van der Waals surface area (Å²) in [5.41, 5.74) is 11.6. The minimum Gasteiger partial charge on any atom is -0.493 e. The zero-order chi connectivity index (χ0) is 23.5. The average molecular weight is 485 g/mol. The third-order valence-electron chi connectivity index (χ3n) is 5.47. The van der Waals surface area contributed by atoms with Crippen molar-refractivity contribution in [3.63, 3.8) is 0 Å². The SMILES string of the molecule is CNCc1ccc(-c2scnc2C)cc1OCCCN(C)CCC(N)CSc1ccccc1. The van der Waals surface area contributed by atoms with Gasteiger partial charge in [0, 0.05) is 35.3 Å². The van der Waals surface area contributed by atoms with Crippen LogP contribution in [0.25, 0.3) is 10.4 Å². The molecule has 0 aliphatic carbocycles. The molecule has 3 aromatic rings. The molecular formula is C26H36N4OS2. The summed E-state index contributed by atoms with van der Waals surface area (Å²) in [6.07, 6.45) is 1.98. The fourth-order valence-electron chi connectivity index (χ4n) is 3.56. The number of nitrogens with zero attached hydrogens (tertiary/aromatic N) is 2. The summed E-state index contributed by atoms with van der Waals surface area (Å²) in [4.78, 5) is 9.22. The van der Waals surface area contributed by atoms with E-state index in [2.05, 4.69) is 71.6 Å². The number of nitrogens with one attached hydrogen (secondary N) is 1. The minimum absolute atomic E-state index is 0.205. The average Bonchev–Trinajstić information content (AvgIpc) is 3.26. The van der Waals surface area contributed by atoms with Gasteiger partial charge in [-0.25, -0.2) is 4.98 Å². The Morgan fingerprint density at radius 2 is 2.00 bits per heavy atom. The van der Waals surface area contributed by atoms with Crippen LogP contribution in [0.4, 0.5) is 0 Å². The summed E-state index contributed by atoms with van der Waals surface area (Å²) in [5.74, 6) is 1.90. The number of aromatic nitrogens is 1. The maximum Gasteiger partial charge on any atom is 0.124 e. The number of hydrogen-bond acceptors (Lipinski definition) is 7. The van der Waals surface area contributed by atoms with Gasteiger partial charge in [-0.1, -0.05) is 30.3 Å². The first-order chi connectivity index (χ1) is 16.1. The quantitative estimate of drug-likeness (QED) is 0.247. The van der Waals surface area contributed by atoms with E-state index in [1.165, 1.54) is 20.9 Å². The van der Waals surface area contributed by atoms with Gasteiger partial charge in [-0.3, -0.25) is 0 Å². The van der Waals surface area contributed by atoms with E-state index >= 15 is 0 Å². The molecule has 33 heavy (non-hydrogen) atoms. The summed E-state index contributed by atoms with van der Waals surface area (Å²) < 4.78 is 6.22. The van der Waals surface area contributed by atoms with E-state index in [1.807, 2.05) is 30.4 Å². The van der Waals surface area contributed by atoms with Gasteiger partial charge in [-0.15, -0.1) is 23.1 Å². The molecule has 1 heterocycles. The normalized spacial score (nSPS) is 12.3. The van der Waals surface area contributed by atoms with Gasteiger partial charge in [0.2, 0.25) is 0 Å². The highest BCUT2D eigenvalue weighted by molar-refractivity contribution is 7.99. The summed E-state index contributed by atoms with van der Waals surface area (Å²) in [6.45, 7) is 5.53. The maximum absolute atomic E-state index is 6.33. The topological polar surface area (TPSA) is 63.4 Å². The lowest BCUT2D eigenvalue weighted by Crippen LogP contribution is -2.30. The van der Waals surface area contributed by atoms with Gasteiger partial charge < -0.3 is 20.7 Å². The van der Waals surface area contributed by atoms with Crippen molar-refractivity contribution in [2.75, 3.05) is 39.5 Å². The van der Waals surface area contributed by atoms with Crippen LogP contribution in [-0.2, 0) is 6.54 Å². The molecule has 0 spiro atoms. The molecule has 5 nitrogen and oxygen atoms in total. The smallest absolute Gasteiger partial charge is 0.124 e. The Kier molecular flexibility index (Phi) is 10.7. The van der Waals surface area contributed by atoms with Gasteiger partial charge in [0.25, 0.3) is 0 Å². The maximum atomic E-state index is 6.33. The van der Waals surface area contributed by atoms with Gasteiger partial charge in [0.15, 0.2) is 0 Å². The van der Waals surface area contributed by atoms with Crippen molar-refractivity contribution < 1.29 is 4.74 Å². The Labute approximate surface area is 206 Å². The fraction of sp³-hybridized carbons (Fsp3) is 0.423. The fourth-order valence-corrected chi connectivity index (χ4v) is 5.29. The van der Waals surface area contributed by atoms with Crippen molar-refractivity contribution in [1.29, 1.82) is 0 Å². The van der Waals surface area contributed by atoms with E-state index in [4.69, 9.17) is 10.5 Å². The van der Waals surface area contributed by atoms with Gasteiger partial charge in [0.1, 0.15) is 5.75 Å². The standard InChI is InChI=1S/C26H36N4OS2/c1-20-26(33-19-29-20)21-10-11-22(17-28-2)25(16-21)31-15-7-13-30(3)14-12-23(27)18-32-24-8-5-4-6-9-24/h4-6,8-11,16,19,23,28H,7,12-15,17-18,27H2,1-3H3. The Bertz CT molecular complexity index is 964. The van der Waals surface area contributed by atoms with Crippen LogP contribution in [0.1, 0.15) is 24.1 Å². The second-order valence-corrected chi connectivity index (χ2v) is 10.2. The molecule has 1 aromatic heterocycles. The molecule has 2 aromatic carbocycles. The van der Waals surface area contributed by atoms with Crippen molar-refractivity contribution in [2.45, 2.75) is 37.2 Å². The van der Waals surface area contributed by atoms with Crippen LogP contribution in [0.15, 0.2) is 58.9 Å². The summed E-state index contributed by atoms with van der Waals surface area (Å²) >= 11 is 3.51. The van der Waals surface area contributed by atoms with Crippen LogP contribution in [0.5, 0.6) is 5.75 Å². The van der Waals surface area contributed by atoms with Crippen molar-refractivity contribution in [3.05, 3.63) is 65.3 Å². The molecule has 0 aliphatic rings. The Hall–Kier alpha value is -1.90. The second-order valence-electron chi connectivity index (χ2n) is 8.30. The van der Waals surface area contributed by atoms with E-state index in [1.54, 1.807) is 11.3 Å². The van der Waals surface area contributed by atoms with E-state index in [0.717, 1.165) is 49.7 Å². The van der Waals surface area contributed by atoms with E-state index < -0.39 is 0 Å². The van der Waals surface area contributed by atoms with E-state index in [-0.39, 0.29) is 6.04 Å². The van der Waals surface area contributed by atoms with Gasteiger partial charge in [-0.2, -0.15) is 0 Å². The molecule has 0 amide bonds. The molecule has 0 saturated carbocycles. The lowest BCUT2D eigenvalue weighted by Gasteiger charge is -2.20. The number of benzene rings is 2. The largest absolute Gasteiger partial charge is 0.493 e. The molecule has 3 N–H and O–H groups in total. The summed E-state index contributed by atoms with van der Waals surface area (Å²) in [6, 6.07) is 17.1. The van der Waals surface area contributed by atoms with Gasteiger partial charge in [-0.05, 0) is 64.2 Å². The predicted octanol–water partition coefficient (Wildman–Crippen LogP) is 5.05. The third-order valence-corrected chi connectivity index (χ3v) is 7.65. The molecule has 0 aliphatic heterocycles. The number of ether oxygens (including phenoxy) is 1. The number of thioether (sulfide) groups is 1. The van der Waals surface area contributed by atoms with Crippen LogP contribution in [-0.4, -0.2) is 55.5 Å². The Morgan fingerprint density at radius 3 is 2.73 bits per heavy atom. The van der Waals surface area contributed by atoms with Crippen LogP contribution in [0, 0.1) is 6.92 Å². The summed E-state index contributed by atoms with van der Waals surface area (Å²) in [5, 5.41) is 3.24. The predicted molar refractivity (Wildman–Crippen MR) is 142 cm³/mol. The molecule has 178 valence electrons. The summed E-state index contributed by atoms with van der Waals surface area (Å²) in [7, 11) is 4.12. The van der Waals surface area contributed by atoms with Crippen LogP contribution in [0.2, 0.25) is 0 Å². The number of hydrogen-bond donors (Lipinski definition) is 2. The van der Waals surface area contributed by atoms with Crippen molar-refractivity contribution in [1.82, 2.24) is 15.2 Å². The molecule has 0 bridgehead atoms. The van der Waals surface area contributed by atoms with Crippen molar-refractivity contribution in [2.24, 2.45) is 5.73 Å². The lowest BCUT2D eigenvalue weighted by molar-refractivity contribution is 0.257. The molecule has 0 radical (unpaired) electrons. The highest BCUT2D eigenvalue weighted by Crippen LogP contribution is 2.32. The third kappa shape index (κ3) is 8.43. The van der Waals surface area contributed by atoms with E-state index in [9.17, 15) is 0 Å². The first-order valence-electron chi connectivity index (χ1n) is 11.5. The van der Waals surface area contributed by atoms with Crippen molar-refractivity contribution in [3.8, 4) is 16.2 Å². The number of aryl methyl sites for hydroxylation is 1. The molecule has 3 rings (SSSR count). The van der Waals surface area contributed by atoms with E-state index in [0.29, 0.717) is 6.61 Å². The molecule has 0 fully saturated rings. The molecule has 1 atom stereocenters. The first kappa shape index (κ1) is 25.7. The minimum atomic E-state index is 0.205. The first-order valence-corrected chi connectivity index (χ1v) is 13.4. The molecule has 0 saturated heterocycles. The van der Waals surface area contributed by atoms with Crippen LogP contribution >= 0.6 is 23.1 Å². The highest BCUT2D eigenvalue weighted by Gasteiger charge is 2.11. The van der Waals surface area contributed by atoms with Gasteiger partial charge in [0.05, 0.1) is 22.7 Å².